The van der Waals surface area contributed by atoms with Gasteiger partial charge in [0.05, 0.1) is 17.9 Å². The van der Waals surface area contributed by atoms with E-state index in [1.807, 2.05) is 4.90 Å². The molecule has 4 nitrogen and oxygen atoms in total. The first-order valence-corrected chi connectivity index (χ1v) is 6.13. The highest BCUT2D eigenvalue weighted by Crippen LogP contribution is 2.29. The van der Waals surface area contributed by atoms with Crippen molar-refractivity contribution in [1.29, 1.82) is 0 Å². The third-order valence-corrected chi connectivity index (χ3v) is 3.85. The number of pyridine rings is 1. The maximum atomic E-state index is 11.4. The molecule has 0 radical (unpaired) electrons. The summed E-state index contributed by atoms with van der Waals surface area (Å²) >= 11 is 0. The van der Waals surface area contributed by atoms with Gasteiger partial charge in [0.2, 0.25) is 5.91 Å². The van der Waals surface area contributed by atoms with Gasteiger partial charge in [-0.25, -0.2) is 0 Å². The standard InChI is InChI=1S/C13H17N3O/c1-8-10-3-4-14-5-12(10)15-13-7-16(9(2)17)6-11(8)13/h14H,3-7H2,1-2H3. The van der Waals surface area contributed by atoms with Gasteiger partial charge >= 0.3 is 0 Å². The summed E-state index contributed by atoms with van der Waals surface area (Å²) in [6, 6.07) is 0. The number of nitrogens with zero attached hydrogens (tertiary/aromatic N) is 2. The van der Waals surface area contributed by atoms with Crippen molar-refractivity contribution in [3.63, 3.8) is 0 Å². The maximum Gasteiger partial charge on any atom is 0.220 e. The Morgan fingerprint density at radius 2 is 2.12 bits per heavy atom. The van der Waals surface area contributed by atoms with Crippen LogP contribution in [-0.2, 0) is 30.8 Å². The van der Waals surface area contributed by atoms with Crippen molar-refractivity contribution in [2.45, 2.75) is 39.9 Å². The van der Waals surface area contributed by atoms with Crippen LogP contribution in [0.1, 0.15) is 35.0 Å². The average Bonchev–Trinajstić information content (AvgIpc) is 2.74. The van der Waals surface area contributed by atoms with Crippen LogP contribution < -0.4 is 5.32 Å². The van der Waals surface area contributed by atoms with Gasteiger partial charge in [-0.15, -0.1) is 0 Å². The van der Waals surface area contributed by atoms with E-state index in [0.717, 1.165) is 31.7 Å². The molecule has 0 aromatic carbocycles. The molecule has 4 heteroatoms. The van der Waals surface area contributed by atoms with E-state index in [1.165, 1.54) is 22.4 Å². The van der Waals surface area contributed by atoms with Crippen molar-refractivity contribution in [2.75, 3.05) is 6.54 Å². The molecule has 1 amide bonds. The number of hydrogen-bond donors (Lipinski definition) is 1. The highest BCUT2D eigenvalue weighted by atomic mass is 16.2. The van der Waals surface area contributed by atoms with Crippen LogP contribution in [0.25, 0.3) is 0 Å². The minimum Gasteiger partial charge on any atom is -0.333 e. The predicted molar refractivity (Wildman–Crippen MR) is 64.3 cm³/mol. The summed E-state index contributed by atoms with van der Waals surface area (Å²) in [7, 11) is 0. The predicted octanol–water partition coefficient (Wildman–Crippen LogP) is 0.898. The first-order chi connectivity index (χ1) is 8.16. The fourth-order valence-corrected chi connectivity index (χ4v) is 2.80. The fourth-order valence-electron chi connectivity index (χ4n) is 2.80. The minimum absolute atomic E-state index is 0.137. The topological polar surface area (TPSA) is 45.2 Å². The molecule has 1 aromatic rings. The molecule has 0 bridgehead atoms. The maximum absolute atomic E-state index is 11.4. The Balaban J connectivity index is 2.05. The third-order valence-electron chi connectivity index (χ3n) is 3.85. The number of nitrogens with one attached hydrogen (secondary N) is 1. The van der Waals surface area contributed by atoms with Crippen LogP contribution in [0.5, 0.6) is 0 Å². The summed E-state index contributed by atoms with van der Waals surface area (Å²) in [6.07, 6.45) is 1.06. The summed E-state index contributed by atoms with van der Waals surface area (Å²) < 4.78 is 0. The Kier molecular flexibility index (Phi) is 2.40. The van der Waals surface area contributed by atoms with Crippen molar-refractivity contribution in [3.05, 3.63) is 28.1 Å². The monoisotopic (exact) mass is 231 g/mol. The molecule has 17 heavy (non-hydrogen) atoms. The number of carbonyl (C=O) groups excluding carboxylic acids is 1. The zero-order valence-corrected chi connectivity index (χ0v) is 10.3. The van der Waals surface area contributed by atoms with Crippen LogP contribution in [0.4, 0.5) is 0 Å². The molecule has 3 rings (SSSR count). The quantitative estimate of drug-likeness (QED) is 0.721. The molecule has 0 spiro atoms. The Bertz CT molecular complexity index is 496. The highest BCUT2D eigenvalue weighted by molar-refractivity contribution is 5.74. The first kappa shape index (κ1) is 10.7. The molecule has 0 fully saturated rings. The van der Waals surface area contributed by atoms with E-state index < -0.39 is 0 Å². The van der Waals surface area contributed by atoms with Gasteiger partial charge < -0.3 is 10.2 Å². The zero-order valence-electron chi connectivity index (χ0n) is 10.3. The molecule has 0 atom stereocenters. The van der Waals surface area contributed by atoms with E-state index in [1.54, 1.807) is 6.92 Å². The Labute approximate surface area is 101 Å². The molecule has 90 valence electrons. The lowest BCUT2D eigenvalue weighted by Gasteiger charge is -2.20. The first-order valence-electron chi connectivity index (χ1n) is 6.13. The van der Waals surface area contributed by atoms with Crippen LogP contribution in [0.2, 0.25) is 0 Å². The van der Waals surface area contributed by atoms with Crippen molar-refractivity contribution < 1.29 is 4.79 Å². The number of rotatable bonds is 0. The summed E-state index contributed by atoms with van der Waals surface area (Å²) in [6.45, 7) is 7.12. The lowest BCUT2D eigenvalue weighted by molar-refractivity contribution is -0.129. The van der Waals surface area contributed by atoms with Gasteiger partial charge in [-0.3, -0.25) is 9.78 Å². The lowest BCUT2D eigenvalue weighted by atomic mass is 9.96. The number of hydrogen-bond acceptors (Lipinski definition) is 3. The SMILES string of the molecule is CC(=O)N1Cc2nc3c(c(C)c2C1)CCNC3. The number of carbonyl (C=O) groups is 1. The van der Waals surface area contributed by atoms with E-state index in [0.29, 0.717) is 6.54 Å². The summed E-state index contributed by atoms with van der Waals surface area (Å²) in [5.74, 6) is 0.137. The van der Waals surface area contributed by atoms with E-state index in [2.05, 4.69) is 12.2 Å². The molecule has 0 aliphatic carbocycles. The van der Waals surface area contributed by atoms with Gasteiger partial charge in [-0.05, 0) is 36.6 Å². The van der Waals surface area contributed by atoms with Crippen LogP contribution in [0.15, 0.2) is 0 Å². The van der Waals surface area contributed by atoms with Crippen molar-refractivity contribution in [1.82, 2.24) is 15.2 Å². The molecule has 1 N–H and O–H groups in total. The summed E-state index contributed by atoms with van der Waals surface area (Å²) in [5, 5.41) is 3.35. The normalized spacial score (nSPS) is 17.9. The summed E-state index contributed by atoms with van der Waals surface area (Å²) in [5.41, 5.74) is 6.31. The van der Waals surface area contributed by atoms with Crippen molar-refractivity contribution in [3.8, 4) is 0 Å². The van der Waals surface area contributed by atoms with Gasteiger partial charge in [0, 0.05) is 20.0 Å². The Morgan fingerprint density at radius 3 is 2.88 bits per heavy atom. The third kappa shape index (κ3) is 1.63. The lowest BCUT2D eigenvalue weighted by Crippen LogP contribution is -2.26. The van der Waals surface area contributed by atoms with Crippen LogP contribution >= 0.6 is 0 Å². The Morgan fingerprint density at radius 1 is 1.29 bits per heavy atom. The molecule has 2 aliphatic heterocycles. The van der Waals surface area contributed by atoms with Gasteiger partial charge in [0.25, 0.3) is 0 Å². The van der Waals surface area contributed by atoms with E-state index >= 15 is 0 Å². The van der Waals surface area contributed by atoms with Crippen LogP contribution in [-0.4, -0.2) is 22.3 Å². The van der Waals surface area contributed by atoms with Gasteiger partial charge in [-0.2, -0.15) is 0 Å². The fraction of sp³-hybridized carbons (Fsp3) is 0.538. The molecule has 2 aliphatic rings. The molecular weight excluding hydrogens is 214 g/mol. The molecule has 0 saturated heterocycles. The largest absolute Gasteiger partial charge is 0.333 e. The van der Waals surface area contributed by atoms with Crippen molar-refractivity contribution in [2.24, 2.45) is 0 Å². The second kappa shape index (κ2) is 3.81. The zero-order chi connectivity index (χ0) is 12.0. The van der Waals surface area contributed by atoms with E-state index in [-0.39, 0.29) is 5.91 Å². The van der Waals surface area contributed by atoms with Crippen LogP contribution in [0, 0.1) is 6.92 Å². The van der Waals surface area contributed by atoms with Gasteiger partial charge in [-0.1, -0.05) is 0 Å². The second-order valence-electron chi connectivity index (χ2n) is 4.89. The number of fused-ring (bicyclic) bond motifs is 2. The smallest absolute Gasteiger partial charge is 0.220 e. The second-order valence-corrected chi connectivity index (χ2v) is 4.89. The van der Waals surface area contributed by atoms with Crippen LogP contribution in [0.3, 0.4) is 0 Å². The number of aromatic nitrogens is 1. The van der Waals surface area contributed by atoms with Gasteiger partial charge in [0.1, 0.15) is 0 Å². The van der Waals surface area contributed by atoms with Crippen molar-refractivity contribution >= 4 is 5.91 Å². The Hall–Kier alpha value is -1.42. The molecule has 0 unspecified atom stereocenters. The van der Waals surface area contributed by atoms with E-state index in [9.17, 15) is 4.79 Å². The average molecular weight is 231 g/mol. The molecule has 0 saturated carbocycles. The minimum atomic E-state index is 0.137. The molecule has 1 aromatic heterocycles. The molecule has 3 heterocycles. The van der Waals surface area contributed by atoms with Gasteiger partial charge in [0.15, 0.2) is 0 Å². The summed E-state index contributed by atoms with van der Waals surface area (Å²) in [4.78, 5) is 18.0. The molecular formula is C13H17N3O. The number of amides is 1. The van der Waals surface area contributed by atoms with E-state index in [4.69, 9.17) is 4.98 Å². The highest BCUT2D eigenvalue weighted by Gasteiger charge is 2.27.